The van der Waals surface area contributed by atoms with Gasteiger partial charge in [0.05, 0.1) is 18.7 Å². The Hall–Kier alpha value is -3.47. The lowest BCUT2D eigenvalue weighted by Gasteiger charge is -2.36. The number of hydrogen-bond donors (Lipinski definition) is 4. The number of amides is 5. The highest BCUT2D eigenvalue weighted by atomic mass is 16.5. The van der Waals surface area contributed by atoms with Gasteiger partial charge in [-0.3, -0.25) is 19.2 Å². The number of benzene rings is 1. The quantitative estimate of drug-likeness (QED) is 0.261. The molecule has 2 unspecified atom stereocenters. The second-order valence-electron chi connectivity index (χ2n) is 15.3. The minimum absolute atomic E-state index is 0.103. The first-order chi connectivity index (χ1) is 21.1. The average molecular weight is 624 g/mol. The van der Waals surface area contributed by atoms with Crippen LogP contribution in [0.5, 0.6) is 0 Å². The molecule has 5 N–H and O–H groups in total. The third kappa shape index (κ3) is 6.88. The summed E-state index contributed by atoms with van der Waals surface area (Å²) in [5.74, 6) is -2.61. The zero-order chi connectivity index (χ0) is 32.8. The Balaban J connectivity index is 1.40. The number of ketones is 1. The average Bonchev–Trinajstić information content (AvgIpc) is 3.72. The molecule has 0 spiro atoms. The number of rotatable bonds is 12. The molecule has 246 valence electrons. The molecule has 3 fully saturated rings. The van der Waals surface area contributed by atoms with Crippen LogP contribution >= 0.6 is 0 Å². The summed E-state index contributed by atoms with van der Waals surface area (Å²) in [7, 11) is 1.58. The van der Waals surface area contributed by atoms with E-state index < -0.39 is 41.8 Å². The summed E-state index contributed by atoms with van der Waals surface area (Å²) in [5.41, 5.74) is 7.16. The Labute approximate surface area is 265 Å². The Morgan fingerprint density at radius 2 is 1.64 bits per heavy atom. The van der Waals surface area contributed by atoms with Crippen molar-refractivity contribution in [3.63, 3.8) is 0 Å². The maximum absolute atomic E-state index is 14.6. The number of methoxy groups -OCH3 is 1. The summed E-state index contributed by atoms with van der Waals surface area (Å²) in [6.07, 6.45) is 3.46. The van der Waals surface area contributed by atoms with Gasteiger partial charge in [0.25, 0.3) is 5.91 Å². The van der Waals surface area contributed by atoms with Crippen molar-refractivity contribution in [2.24, 2.45) is 40.2 Å². The molecule has 5 amide bonds. The number of nitrogens with zero attached hydrogens (tertiary/aromatic N) is 1. The highest BCUT2D eigenvalue weighted by Crippen LogP contribution is 2.65. The van der Waals surface area contributed by atoms with Gasteiger partial charge < -0.3 is 31.3 Å². The number of fused-ring (bicyclic) bond motifs is 2. The molecule has 3 aliphatic carbocycles. The van der Waals surface area contributed by atoms with Gasteiger partial charge in [-0.15, -0.1) is 0 Å². The van der Waals surface area contributed by atoms with Crippen LogP contribution in [0.1, 0.15) is 65.0 Å². The van der Waals surface area contributed by atoms with Crippen molar-refractivity contribution < 1.29 is 28.7 Å². The summed E-state index contributed by atoms with van der Waals surface area (Å²) < 4.78 is 5.36. The molecule has 0 bridgehead atoms. The molecule has 1 aliphatic heterocycles. The molecule has 0 radical (unpaired) electrons. The van der Waals surface area contributed by atoms with Gasteiger partial charge in [0.1, 0.15) is 12.1 Å². The van der Waals surface area contributed by atoms with E-state index in [1.807, 2.05) is 45.0 Å². The van der Waals surface area contributed by atoms with Crippen LogP contribution < -0.4 is 21.7 Å². The summed E-state index contributed by atoms with van der Waals surface area (Å²) in [6.45, 7) is 10.9. The minimum atomic E-state index is -1.08. The van der Waals surface area contributed by atoms with E-state index >= 15 is 0 Å². The van der Waals surface area contributed by atoms with E-state index in [0.29, 0.717) is 32.4 Å². The summed E-state index contributed by atoms with van der Waals surface area (Å²) in [4.78, 5) is 68.1. The Kier molecular flexibility index (Phi) is 9.05. The zero-order valence-electron chi connectivity index (χ0n) is 27.4. The van der Waals surface area contributed by atoms with E-state index in [1.165, 1.54) is 0 Å². The maximum atomic E-state index is 14.6. The summed E-state index contributed by atoms with van der Waals surface area (Å²) in [5, 5.41) is 8.83. The SMILES string of the molecule is COCC(NC(=O)N[C@H](C(=O)N1C[C@H]2[C@@H]([C@H]1C(=O)NC(CC1CC1)C(=O)C(N)=O)C2(C)C)C1Cc2ccccc2C1)C(C)(C)C. The van der Waals surface area contributed by atoms with E-state index in [0.717, 1.165) is 24.0 Å². The van der Waals surface area contributed by atoms with E-state index in [-0.39, 0.29) is 46.5 Å². The lowest BCUT2D eigenvalue weighted by molar-refractivity contribution is -0.144. The van der Waals surface area contributed by atoms with Gasteiger partial charge in [0.15, 0.2) is 0 Å². The summed E-state index contributed by atoms with van der Waals surface area (Å²) in [6, 6.07) is 4.54. The van der Waals surface area contributed by atoms with Gasteiger partial charge >= 0.3 is 6.03 Å². The molecule has 11 heteroatoms. The largest absolute Gasteiger partial charge is 0.383 e. The number of Topliss-reactive ketones (excluding diaryl/α,β-unsaturated/α-hetero) is 1. The van der Waals surface area contributed by atoms with Crippen molar-refractivity contribution >= 4 is 29.5 Å². The number of primary amides is 1. The second-order valence-corrected chi connectivity index (χ2v) is 15.3. The molecule has 4 aliphatic rings. The number of hydrogen-bond acceptors (Lipinski definition) is 6. The number of piperidine rings is 1. The highest BCUT2D eigenvalue weighted by Gasteiger charge is 2.70. The maximum Gasteiger partial charge on any atom is 0.315 e. The van der Waals surface area contributed by atoms with Crippen molar-refractivity contribution in [2.45, 2.75) is 90.9 Å². The molecule has 45 heavy (non-hydrogen) atoms. The molecule has 1 saturated heterocycles. The topological polar surface area (TPSA) is 160 Å². The first-order valence-electron chi connectivity index (χ1n) is 16.2. The first-order valence-corrected chi connectivity index (χ1v) is 16.2. The lowest BCUT2D eigenvalue weighted by Crippen LogP contribution is -2.61. The standard InChI is InChI=1S/C34H49N5O6/c1-33(2,3)24(17-45-6)37-32(44)38-26(21-14-19-9-7-8-10-20(19)15-21)31(43)39-16-22-25(34(22,4)5)27(39)30(42)36-23(13-18-11-12-18)28(40)29(35)41/h7-10,18,21-27H,11-17H2,1-6H3,(H2,35,41)(H,36,42)(H2,37,38,44)/t22-,23?,24?,25-,26-,27-/m0/s1. The van der Waals surface area contributed by atoms with Gasteiger partial charge in [-0.1, -0.05) is 71.7 Å². The molecule has 1 aromatic carbocycles. The molecule has 1 aromatic rings. The number of carbonyl (C=O) groups is 5. The molecule has 2 saturated carbocycles. The van der Waals surface area contributed by atoms with Crippen molar-refractivity contribution in [2.75, 3.05) is 20.3 Å². The Morgan fingerprint density at radius 3 is 2.18 bits per heavy atom. The van der Waals surface area contributed by atoms with Gasteiger partial charge in [0.2, 0.25) is 17.6 Å². The number of ether oxygens (including phenoxy) is 1. The minimum Gasteiger partial charge on any atom is -0.383 e. The highest BCUT2D eigenvalue weighted by molar-refractivity contribution is 6.37. The van der Waals surface area contributed by atoms with Crippen LogP contribution in [0.3, 0.4) is 0 Å². The third-order valence-corrected chi connectivity index (χ3v) is 10.7. The molecule has 6 atom stereocenters. The molecule has 0 aromatic heterocycles. The van der Waals surface area contributed by atoms with Crippen LogP contribution in [0.4, 0.5) is 4.79 Å². The molecular weight excluding hydrogens is 574 g/mol. The number of nitrogens with two attached hydrogens (primary N) is 1. The number of nitrogens with one attached hydrogen (secondary N) is 3. The fourth-order valence-electron chi connectivity index (χ4n) is 7.56. The normalized spacial score (nSPS) is 25.4. The number of urea groups is 1. The van der Waals surface area contributed by atoms with Crippen LogP contribution in [-0.4, -0.2) is 78.9 Å². The van der Waals surface area contributed by atoms with Crippen LogP contribution in [0.2, 0.25) is 0 Å². The fourth-order valence-corrected chi connectivity index (χ4v) is 7.56. The molecule has 5 rings (SSSR count). The van der Waals surface area contributed by atoms with E-state index in [9.17, 15) is 24.0 Å². The van der Waals surface area contributed by atoms with Crippen molar-refractivity contribution in [3.8, 4) is 0 Å². The Morgan fingerprint density at radius 1 is 1.02 bits per heavy atom. The predicted octanol–water partition coefficient (Wildman–Crippen LogP) is 1.95. The van der Waals surface area contributed by atoms with Gasteiger partial charge in [-0.2, -0.15) is 0 Å². The van der Waals surface area contributed by atoms with Crippen LogP contribution in [-0.2, 0) is 36.8 Å². The van der Waals surface area contributed by atoms with Crippen LogP contribution in [0.15, 0.2) is 24.3 Å². The van der Waals surface area contributed by atoms with E-state index in [1.54, 1.807) is 12.0 Å². The van der Waals surface area contributed by atoms with Gasteiger partial charge in [0, 0.05) is 13.7 Å². The third-order valence-electron chi connectivity index (χ3n) is 10.7. The van der Waals surface area contributed by atoms with E-state index in [2.05, 4.69) is 29.8 Å². The lowest BCUT2D eigenvalue weighted by atomic mass is 9.87. The molecule has 11 nitrogen and oxygen atoms in total. The van der Waals surface area contributed by atoms with Gasteiger partial charge in [-0.05, 0) is 64.9 Å². The predicted molar refractivity (Wildman–Crippen MR) is 168 cm³/mol. The van der Waals surface area contributed by atoms with Gasteiger partial charge in [-0.25, -0.2) is 4.79 Å². The summed E-state index contributed by atoms with van der Waals surface area (Å²) >= 11 is 0. The number of likely N-dealkylation sites (tertiary alicyclic amines) is 1. The molecule has 1 heterocycles. The monoisotopic (exact) mass is 623 g/mol. The fraction of sp³-hybridized carbons (Fsp3) is 0.676. The van der Waals surface area contributed by atoms with Crippen LogP contribution in [0.25, 0.3) is 0 Å². The number of carbonyl (C=O) groups excluding carboxylic acids is 5. The smallest absolute Gasteiger partial charge is 0.315 e. The van der Waals surface area contributed by atoms with Crippen molar-refractivity contribution in [1.82, 2.24) is 20.9 Å². The van der Waals surface area contributed by atoms with E-state index in [4.69, 9.17) is 10.5 Å². The zero-order valence-corrected chi connectivity index (χ0v) is 27.4. The van der Waals surface area contributed by atoms with Crippen molar-refractivity contribution in [3.05, 3.63) is 35.4 Å². The van der Waals surface area contributed by atoms with Crippen LogP contribution in [0, 0.1) is 34.5 Å². The second kappa shape index (κ2) is 12.4. The first kappa shape index (κ1) is 32.9. The molecular formula is C34H49N5O6. The van der Waals surface area contributed by atoms with Crippen molar-refractivity contribution in [1.29, 1.82) is 0 Å². The Bertz CT molecular complexity index is 1330.